The van der Waals surface area contributed by atoms with E-state index in [-0.39, 0.29) is 17.8 Å². The molecular formula is C11H12BrNO2. The van der Waals surface area contributed by atoms with Crippen molar-refractivity contribution < 1.29 is 9.53 Å². The van der Waals surface area contributed by atoms with Crippen LogP contribution in [0.4, 0.5) is 0 Å². The number of hydrogen-bond donors (Lipinski definition) is 0. The summed E-state index contributed by atoms with van der Waals surface area (Å²) in [5, 5.41) is 0. The summed E-state index contributed by atoms with van der Waals surface area (Å²) in [4.78, 5) is 15.7. The Bertz CT molecular complexity index is 363. The first-order valence-electron chi connectivity index (χ1n) is 5.00. The molecule has 0 saturated heterocycles. The van der Waals surface area contributed by atoms with Crippen molar-refractivity contribution in [3.63, 3.8) is 0 Å². The van der Waals surface area contributed by atoms with Crippen LogP contribution in [0.15, 0.2) is 22.8 Å². The molecule has 2 rings (SSSR count). The van der Waals surface area contributed by atoms with Crippen LogP contribution < -0.4 is 0 Å². The minimum Gasteiger partial charge on any atom is -0.466 e. The van der Waals surface area contributed by atoms with Gasteiger partial charge in [-0.2, -0.15) is 0 Å². The Morgan fingerprint density at radius 2 is 2.47 bits per heavy atom. The number of aromatic nitrogens is 1. The molecule has 1 aliphatic rings. The predicted molar refractivity (Wildman–Crippen MR) is 59.4 cm³/mol. The Labute approximate surface area is 97.0 Å². The molecule has 2 atom stereocenters. The lowest BCUT2D eigenvalue weighted by atomic mass is 10.2. The van der Waals surface area contributed by atoms with E-state index >= 15 is 0 Å². The largest absolute Gasteiger partial charge is 0.466 e. The molecule has 0 spiro atoms. The molecule has 0 bridgehead atoms. The number of ether oxygens (including phenoxy) is 1. The summed E-state index contributed by atoms with van der Waals surface area (Å²) in [7, 11) is 0. The third kappa shape index (κ3) is 2.37. The molecule has 1 aromatic heterocycles. The van der Waals surface area contributed by atoms with Crippen molar-refractivity contribution in [2.24, 2.45) is 5.92 Å². The summed E-state index contributed by atoms with van der Waals surface area (Å²) < 4.78 is 5.92. The lowest BCUT2D eigenvalue weighted by Crippen LogP contribution is -2.07. The van der Waals surface area contributed by atoms with Crippen LogP contribution in [0.25, 0.3) is 0 Å². The summed E-state index contributed by atoms with van der Waals surface area (Å²) in [5.74, 6) is 0.197. The number of carbonyl (C=O) groups is 1. The molecule has 0 N–H and O–H groups in total. The van der Waals surface area contributed by atoms with Crippen molar-refractivity contribution in [2.75, 3.05) is 6.61 Å². The summed E-state index contributed by atoms with van der Waals surface area (Å²) in [6.45, 7) is 2.28. The SMILES string of the molecule is CCOC(=O)C1CC1c1ccc(Br)cn1. The number of rotatable bonds is 3. The highest BCUT2D eigenvalue weighted by Crippen LogP contribution is 2.47. The number of nitrogens with zero attached hydrogens (tertiary/aromatic N) is 1. The van der Waals surface area contributed by atoms with Gasteiger partial charge in [-0.3, -0.25) is 9.78 Å². The maximum atomic E-state index is 11.4. The van der Waals surface area contributed by atoms with Gasteiger partial charge in [-0.05, 0) is 41.4 Å². The Morgan fingerprint density at radius 3 is 3.07 bits per heavy atom. The van der Waals surface area contributed by atoms with E-state index in [0.29, 0.717) is 6.61 Å². The molecule has 2 unspecified atom stereocenters. The first kappa shape index (κ1) is 10.6. The predicted octanol–water partition coefficient (Wildman–Crippen LogP) is 2.51. The van der Waals surface area contributed by atoms with Crippen LogP contribution in [0, 0.1) is 5.92 Å². The minimum absolute atomic E-state index is 0.0265. The van der Waals surface area contributed by atoms with Crippen molar-refractivity contribution >= 4 is 21.9 Å². The van der Waals surface area contributed by atoms with Crippen molar-refractivity contribution in [1.82, 2.24) is 4.98 Å². The van der Waals surface area contributed by atoms with E-state index in [0.717, 1.165) is 16.6 Å². The molecule has 1 heterocycles. The van der Waals surface area contributed by atoms with Crippen LogP contribution in [-0.2, 0) is 9.53 Å². The van der Waals surface area contributed by atoms with E-state index in [2.05, 4.69) is 20.9 Å². The van der Waals surface area contributed by atoms with Gasteiger partial charge >= 0.3 is 5.97 Å². The maximum absolute atomic E-state index is 11.4. The van der Waals surface area contributed by atoms with Crippen molar-refractivity contribution in [3.05, 3.63) is 28.5 Å². The molecule has 3 nitrogen and oxygen atoms in total. The normalized spacial score (nSPS) is 23.6. The zero-order valence-corrected chi connectivity index (χ0v) is 10.0. The fraction of sp³-hybridized carbons (Fsp3) is 0.455. The average Bonchev–Trinajstić information content (AvgIpc) is 2.99. The Hall–Kier alpha value is -0.900. The van der Waals surface area contributed by atoms with Crippen LogP contribution in [0.5, 0.6) is 0 Å². The molecule has 80 valence electrons. The third-order valence-corrected chi connectivity index (χ3v) is 2.98. The zero-order valence-electron chi connectivity index (χ0n) is 8.44. The standard InChI is InChI=1S/C11H12BrNO2/c1-2-15-11(14)9-5-8(9)10-4-3-7(12)6-13-10/h3-4,6,8-9H,2,5H2,1H3. The molecule has 1 fully saturated rings. The number of halogens is 1. The van der Waals surface area contributed by atoms with Gasteiger partial charge in [0.25, 0.3) is 0 Å². The highest BCUT2D eigenvalue weighted by atomic mass is 79.9. The Morgan fingerprint density at radius 1 is 1.67 bits per heavy atom. The lowest BCUT2D eigenvalue weighted by Gasteiger charge is -2.00. The molecule has 1 saturated carbocycles. The molecule has 1 aliphatic carbocycles. The van der Waals surface area contributed by atoms with Gasteiger partial charge < -0.3 is 4.74 Å². The second kappa shape index (κ2) is 4.31. The van der Waals surface area contributed by atoms with E-state index in [9.17, 15) is 4.79 Å². The van der Waals surface area contributed by atoms with Crippen molar-refractivity contribution in [1.29, 1.82) is 0 Å². The fourth-order valence-electron chi connectivity index (χ4n) is 1.64. The third-order valence-electron chi connectivity index (χ3n) is 2.51. The van der Waals surface area contributed by atoms with Gasteiger partial charge in [-0.15, -0.1) is 0 Å². The summed E-state index contributed by atoms with van der Waals surface area (Å²) in [6.07, 6.45) is 2.63. The van der Waals surface area contributed by atoms with E-state index in [1.165, 1.54) is 0 Å². The van der Waals surface area contributed by atoms with Crippen LogP contribution >= 0.6 is 15.9 Å². The minimum atomic E-state index is -0.0905. The number of carbonyl (C=O) groups excluding carboxylic acids is 1. The van der Waals surface area contributed by atoms with E-state index in [1.54, 1.807) is 6.20 Å². The zero-order chi connectivity index (χ0) is 10.8. The van der Waals surface area contributed by atoms with Gasteiger partial charge in [0.1, 0.15) is 0 Å². The second-order valence-corrected chi connectivity index (χ2v) is 4.52. The lowest BCUT2D eigenvalue weighted by molar-refractivity contribution is -0.144. The first-order valence-corrected chi connectivity index (χ1v) is 5.79. The number of pyridine rings is 1. The monoisotopic (exact) mass is 269 g/mol. The van der Waals surface area contributed by atoms with Gasteiger partial charge in [0.2, 0.25) is 0 Å². The maximum Gasteiger partial charge on any atom is 0.309 e. The molecular weight excluding hydrogens is 258 g/mol. The van der Waals surface area contributed by atoms with Gasteiger partial charge in [0.15, 0.2) is 0 Å². The molecule has 1 aromatic rings. The quantitative estimate of drug-likeness (QED) is 0.792. The van der Waals surface area contributed by atoms with Crippen LogP contribution in [0.2, 0.25) is 0 Å². The topological polar surface area (TPSA) is 39.2 Å². The van der Waals surface area contributed by atoms with Crippen LogP contribution in [0.1, 0.15) is 25.0 Å². The first-order chi connectivity index (χ1) is 7.22. The van der Waals surface area contributed by atoms with Gasteiger partial charge in [0, 0.05) is 22.3 Å². The van der Waals surface area contributed by atoms with Gasteiger partial charge in [0.05, 0.1) is 12.5 Å². The number of hydrogen-bond acceptors (Lipinski definition) is 3. The molecule has 4 heteroatoms. The van der Waals surface area contributed by atoms with Crippen molar-refractivity contribution in [3.8, 4) is 0 Å². The van der Waals surface area contributed by atoms with E-state index < -0.39 is 0 Å². The van der Waals surface area contributed by atoms with Crippen LogP contribution in [-0.4, -0.2) is 17.6 Å². The molecule has 0 aromatic carbocycles. The Balaban J connectivity index is 1.98. The number of esters is 1. The van der Waals surface area contributed by atoms with Gasteiger partial charge in [-0.25, -0.2) is 0 Å². The average molecular weight is 270 g/mol. The molecule has 15 heavy (non-hydrogen) atoms. The molecule has 0 amide bonds. The highest BCUT2D eigenvalue weighted by molar-refractivity contribution is 9.10. The highest BCUT2D eigenvalue weighted by Gasteiger charge is 2.45. The van der Waals surface area contributed by atoms with E-state index in [1.807, 2.05) is 19.1 Å². The second-order valence-electron chi connectivity index (χ2n) is 3.60. The van der Waals surface area contributed by atoms with Crippen LogP contribution in [0.3, 0.4) is 0 Å². The smallest absolute Gasteiger partial charge is 0.309 e. The Kier molecular flexibility index (Phi) is 3.05. The molecule has 0 aliphatic heterocycles. The van der Waals surface area contributed by atoms with Gasteiger partial charge in [-0.1, -0.05) is 0 Å². The summed E-state index contributed by atoms with van der Waals surface area (Å²) in [5.41, 5.74) is 0.983. The fourth-order valence-corrected chi connectivity index (χ4v) is 1.87. The van der Waals surface area contributed by atoms with E-state index in [4.69, 9.17) is 4.74 Å². The van der Waals surface area contributed by atoms with Crippen molar-refractivity contribution in [2.45, 2.75) is 19.3 Å². The molecule has 0 radical (unpaired) electrons. The summed E-state index contributed by atoms with van der Waals surface area (Å²) in [6, 6.07) is 3.90. The summed E-state index contributed by atoms with van der Waals surface area (Å²) >= 11 is 3.33.